The van der Waals surface area contributed by atoms with Crippen LogP contribution in [0, 0.1) is 0 Å². The van der Waals surface area contributed by atoms with Gasteiger partial charge in [0.05, 0.1) is 10.9 Å². The molecule has 1 atom stereocenters. The van der Waals surface area contributed by atoms with Crippen molar-refractivity contribution >= 4 is 33.2 Å². The minimum atomic E-state index is -4.32. The van der Waals surface area contributed by atoms with E-state index in [0.29, 0.717) is 16.7 Å². The lowest BCUT2D eigenvalue weighted by molar-refractivity contribution is -0.137. The van der Waals surface area contributed by atoms with Gasteiger partial charge < -0.3 is 5.32 Å². The van der Waals surface area contributed by atoms with Gasteiger partial charge in [-0.15, -0.1) is 11.6 Å². The lowest BCUT2D eigenvalue weighted by Gasteiger charge is -2.13. The Kier molecular flexibility index (Phi) is 5.13. The van der Waals surface area contributed by atoms with Crippen LogP contribution in [0.15, 0.2) is 22.7 Å². The molecular weight excluding hydrogens is 318 g/mol. The van der Waals surface area contributed by atoms with Crippen molar-refractivity contribution in [2.75, 3.05) is 11.9 Å². The van der Waals surface area contributed by atoms with Crippen molar-refractivity contribution in [1.82, 2.24) is 0 Å². The summed E-state index contributed by atoms with van der Waals surface area (Å²) in [5.74, 6) is 0. The topological polar surface area (TPSA) is 12.0 Å². The van der Waals surface area contributed by atoms with E-state index in [0.717, 1.165) is 18.6 Å². The van der Waals surface area contributed by atoms with Crippen LogP contribution in [-0.2, 0) is 6.18 Å². The molecule has 0 aromatic heterocycles. The second-order valence-corrected chi connectivity index (χ2v) is 5.05. The van der Waals surface area contributed by atoms with Crippen LogP contribution < -0.4 is 5.32 Å². The Morgan fingerprint density at radius 3 is 2.53 bits per heavy atom. The summed E-state index contributed by atoms with van der Waals surface area (Å²) in [6.07, 6.45) is -3.52. The lowest BCUT2D eigenvalue weighted by atomic mass is 10.2. The van der Waals surface area contributed by atoms with Gasteiger partial charge in [0.25, 0.3) is 0 Å². The van der Waals surface area contributed by atoms with E-state index in [1.807, 2.05) is 6.92 Å². The smallest absolute Gasteiger partial charge is 0.383 e. The molecule has 0 spiro atoms. The van der Waals surface area contributed by atoms with E-state index in [2.05, 4.69) is 21.2 Å². The Hall–Kier alpha value is -0.420. The van der Waals surface area contributed by atoms with E-state index in [4.69, 9.17) is 11.6 Å². The molecule has 0 bridgehead atoms. The fraction of sp³-hybridized carbons (Fsp3) is 0.455. The summed E-state index contributed by atoms with van der Waals surface area (Å²) >= 11 is 9.02. The molecule has 17 heavy (non-hydrogen) atoms. The number of anilines is 1. The maximum Gasteiger partial charge on any atom is 0.416 e. The first kappa shape index (κ1) is 14.6. The van der Waals surface area contributed by atoms with Crippen molar-refractivity contribution in [3.05, 3.63) is 28.2 Å². The second kappa shape index (κ2) is 5.96. The van der Waals surface area contributed by atoms with Crippen molar-refractivity contribution in [1.29, 1.82) is 0 Å². The number of alkyl halides is 4. The monoisotopic (exact) mass is 329 g/mol. The molecule has 0 aliphatic carbocycles. The molecule has 1 unspecified atom stereocenters. The number of hydrogen-bond acceptors (Lipinski definition) is 1. The van der Waals surface area contributed by atoms with Gasteiger partial charge in [-0.3, -0.25) is 0 Å². The highest BCUT2D eigenvalue weighted by atomic mass is 79.9. The Bertz CT molecular complexity index is 381. The number of nitrogens with one attached hydrogen (secondary N) is 1. The number of rotatable bonds is 4. The zero-order valence-corrected chi connectivity index (χ0v) is 11.5. The van der Waals surface area contributed by atoms with E-state index in [1.165, 1.54) is 6.07 Å². The Balaban J connectivity index is 2.77. The summed E-state index contributed by atoms with van der Waals surface area (Å²) in [6, 6.07) is 3.49. The Morgan fingerprint density at radius 1 is 1.41 bits per heavy atom. The third kappa shape index (κ3) is 4.39. The Morgan fingerprint density at radius 2 is 2.06 bits per heavy atom. The molecule has 1 N–H and O–H groups in total. The maximum atomic E-state index is 12.4. The predicted octanol–water partition coefficient (Wildman–Crippen LogP) is 4.90. The van der Waals surface area contributed by atoms with Gasteiger partial charge in [-0.2, -0.15) is 13.2 Å². The predicted molar refractivity (Wildman–Crippen MR) is 67.6 cm³/mol. The minimum absolute atomic E-state index is 0.0378. The van der Waals surface area contributed by atoms with Crippen molar-refractivity contribution in [2.45, 2.75) is 24.9 Å². The van der Waals surface area contributed by atoms with Crippen LogP contribution in [0.1, 0.15) is 18.9 Å². The molecule has 0 heterocycles. The SMILES string of the molecule is CCC(Cl)CNc1ccc(C(F)(F)F)cc1Br. The zero-order valence-electron chi connectivity index (χ0n) is 9.11. The van der Waals surface area contributed by atoms with Crippen LogP contribution in [-0.4, -0.2) is 11.9 Å². The largest absolute Gasteiger partial charge is 0.416 e. The molecule has 96 valence electrons. The second-order valence-electron chi connectivity index (χ2n) is 3.58. The van der Waals surface area contributed by atoms with Crippen LogP contribution in [0.2, 0.25) is 0 Å². The van der Waals surface area contributed by atoms with Gasteiger partial charge in [-0.1, -0.05) is 6.92 Å². The van der Waals surface area contributed by atoms with Gasteiger partial charge >= 0.3 is 6.18 Å². The highest BCUT2D eigenvalue weighted by molar-refractivity contribution is 9.10. The molecule has 0 radical (unpaired) electrons. The summed E-state index contributed by atoms with van der Waals surface area (Å²) in [6.45, 7) is 2.46. The van der Waals surface area contributed by atoms with Crippen molar-refractivity contribution in [2.24, 2.45) is 0 Å². The molecular formula is C11H12BrClF3N. The third-order valence-electron chi connectivity index (χ3n) is 2.25. The fourth-order valence-electron chi connectivity index (χ4n) is 1.20. The lowest BCUT2D eigenvalue weighted by Crippen LogP contribution is -2.13. The van der Waals surface area contributed by atoms with Crippen LogP contribution >= 0.6 is 27.5 Å². The van der Waals surface area contributed by atoms with Crippen molar-refractivity contribution in [3.63, 3.8) is 0 Å². The van der Waals surface area contributed by atoms with Crippen molar-refractivity contribution in [3.8, 4) is 0 Å². The number of halogens is 5. The molecule has 6 heteroatoms. The van der Waals surface area contributed by atoms with Gasteiger partial charge in [0, 0.05) is 16.7 Å². The van der Waals surface area contributed by atoms with Gasteiger partial charge in [-0.25, -0.2) is 0 Å². The molecule has 1 aromatic carbocycles. The summed E-state index contributed by atoms with van der Waals surface area (Å²) in [7, 11) is 0. The minimum Gasteiger partial charge on any atom is -0.383 e. The first-order chi connectivity index (χ1) is 7.84. The van der Waals surface area contributed by atoms with Crippen LogP contribution in [0.3, 0.4) is 0 Å². The van der Waals surface area contributed by atoms with E-state index in [9.17, 15) is 13.2 Å². The van der Waals surface area contributed by atoms with Gasteiger partial charge in [-0.05, 0) is 40.5 Å². The van der Waals surface area contributed by atoms with Crippen molar-refractivity contribution < 1.29 is 13.2 Å². The van der Waals surface area contributed by atoms with E-state index < -0.39 is 11.7 Å². The fourth-order valence-corrected chi connectivity index (χ4v) is 1.80. The summed E-state index contributed by atoms with van der Waals surface area (Å²) in [5, 5.41) is 2.96. The molecule has 1 aromatic rings. The standard InChI is InChI=1S/C11H12BrClF3N/c1-2-8(13)6-17-10-4-3-7(5-9(10)12)11(14,15)16/h3-5,8,17H,2,6H2,1H3. The maximum absolute atomic E-state index is 12.4. The number of benzene rings is 1. The van der Waals surface area contributed by atoms with E-state index in [-0.39, 0.29) is 5.38 Å². The average Bonchev–Trinajstić information content (AvgIpc) is 2.25. The quantitative estimate of drug-likeness (QED) is 0.775. The third-order valence-corrected chi connectivity index (χ3v) is 3.37. The first-order valence-corrected chi connectivity index (χ1v) is 6.32. The molecule has 1 rings (SSSR count). The van der Waals surface area contributed by atoms with Crippen LogP contribution in [0.5, 0.6) is 0 Å². The van der Waals surface area contributed by atoms with Crippen LogP contribution in [0.25, 0.3) is 0 Å². The van der Waals surface area contributed by atoms with E-state index in [1.54, 1.807) is 0 Å². The summed E-state index contributed by atoms with van der Waals surface area (Å²) in [5.41, 5.74) is -0.0649. The molecule has 0 aliphatic heterocycles. The Labute approximate surface area is 111 Å². The molecule has 0 fully saturated rings. The molecule has 0 saturated carbocycles. The summed E-state index contributed by atoms with van der Waals surface area (Å²) < 4.78 is 37.6. The highest BCUT2D eigenvalue weighted by Gasteiger charge is 2.30. The van der Waals surface area contributed by atoms with E-state index >= 15 is 0 Å². The van der Waals surface area contributed by atoms with Gasteiger partial charge in [0.15, 0.2) is 0 Å². The molecule has 0 aliphatic rings. The van der Waals surface area contributed by atoms with Gasteiger partial charge in [0.1, 0.15) is 0 Å². The zero-order chi connectivity index (χ0) is 13.1. The molecule has 1 nitrogen and oxygen atoms in total. The van der Waals surface area contributed by atoms with Gasteiger partial charge in [0.2, 0.25) is 0 Å². The first-order valence-electron chi connectivity index (χ1n) is 5.09. The molecule has 0 amide bonds. The van der Waals surface area contributed by atoms with Crippen LogP contribution in [0.4, 0.5) is 18.9 Å². The average molecular weight is 331 g/mol. The summed E-state index contributed by atoms with van der Waals surface area (Å²) in [4.78, 5) is 0. The number of hydrogen-bond donors (Lipinski definition) is 1. The molecule has 0 saturated heterocycles. The highest BCUT2D eigenvalue weighted by Crippen LogP contribution is 2.33. The normalized spacial score (nSPS) is 13.5.